The quantitative estimate of drug-likeness (QED) is 0.322. The van der Waals surface area contributed by atoms with Crippen LogP contribution in [0.1, 0.15) is 20.8 Å². The fraction of sp³-hybridized carbons (Fsp3) is 0.667. The van der Waals surface area contributed by atoms with Gasteiger partial charge in [-0.15, -0.1) is 0 Å². The number of nitrogens with zero attached hydrogens (tertiary/aromatic N) is 3. The van der Waals surface area contributed by atoms with Crippen LogP contribution in [0.15, 0.2) is 6.33 Å². The largest absolute Gasteiger partial charge is 0.488 e. The van der Waals surface area contributed by atoms with E-state index in [0.717, 1.165) is 0 Å². The molecular formula is C15H23BN6O6P+. The lowest BCUT2D eigenvalue weighted by Crippen LogP contribution is -2.45. The van der Waals surface area contributed by atoms with E-state index in [0.29, 0.717) is 17.3 Å². The highest BCUT2D eigenvalue weighted by Crippen LogP contribution is 2.58. The van der Waals surface area contributed by atoms with Gasteiger partial charge in [-0.25, -0.2) is 19.7 Å². The minimum absolute atomic E-state index is 0.0106. The number of aromatic nitrogens is 2. The van der Waals surface area contributed by atoms with Crippen LogP contribution in [0.25, 0.3) is 0 Å². The molecule has 0 spiro atoms. The number of aliphatic hydroxyl groups excluding tert-OH is 1. The molecule has 2 radical (unpaired) electrons. The van der Waals surface area contributed by atoms with Crippen LogP contribution < -0.4 is 20.9 Å². The Kier molecular flexibility index (Phi) is 5.08. The molecule has 3 aliphatic heterocycles. The van der Waals surface area contributed by atoms with E-state index in [2.05, 4.69) is 25.9 Å². The van der Waals surface area contributed by atoms with Gasteiger partial charge < -0.3 is 25.4 Å². The SMILES string of the molecule is [B][P+]1(O)OCC2OC(N3CNc4c(NC(=O)NC(C)(C)C)ncnc43)C(O)[C@@H]2O1. The predicted molar refractivity (Wildman–Crippen MR) is 105 cm³/mol. The molecule has 4 heterocycles. The zero-order chi connectivity index (χ0) is 21.0. The number of amides is 2. The lowest BCUT2D eigenvalue weighted by molar-refractivity contribution is -0.0440. The molecule has 29 heavy (non-hydrogen) atoms. The molecule has 0 aromatic carbocycles. The Morgan fingerprint density at radius 1 is 1.45 bits per heavy atom. The molecule has 4 rings (SSSR count). The van der Waals surface area contributed by atoms with Crippen molar-refractivity contribution in [3.63, 3.8) is 0 Å². The molecule has 156 valence electrons. The van der Waals surface area contributed by atoms with Crippen molar-refractivity contribution in [3.8, 4) is 0 Å². The highest BCUT2D eigenvalue weighted by Gasteiger charge is 2.58. The summed E-state index contributed by atoms with van der Waals surface area (Å²) in [7, 11) is 2.08. The van der Waals surface area contributed by atoms with Crippen molar-refractivity contribution in [2.75, 3.05) is 28.8 Å². The van der Waals surface area contributed by atoms with Crippen LogP contribution in [0.2, 0.25) is 0 Å². The van der Waals surface area contributed by atoms with Crippen molar-refractivity contribution in [2.45, 2.75) is 50.8 Å². The number of hydrogen-bond donors (Lipinski definition) is 5. The predicted octanol–water partition coefficient (Wildman–Crippen LogP) is -0.0744. The molecule has 5 atom stereocenters. The molecule has 1 aromatic rings. The molecule has 1 aromatic heterocycles. The molecule has 2 amide bonds. The maximum atomic E-state index is 12.2. The number of fused-ring (bicyclic) bond motifs is 2. The summed E-state index contributed by atoms with van der Waals surface area (Å²) >= 11 is 0. The van der Waals surface area contributed by atoms with Gasteiger partial charge in [0, 0.05) is 5.54 Å². The molecule has 12 nitrogen and oxygen atoms in total. The summed E-state index contributed by atoms with van der Waals surface area (Å²) in [5.74, 6) is 0.749. The van der Waals surface area contributed by atoms with Gasteiger partial charge >= 0.3 is 21.4 Å². The van der Waals surface area contributed by atoms with Gasteiger partial charge in [-0.2, -0.15) is 9.05 Å². The van der Waals surface area contributed by atoms with E-state index in [1.54, 1.807) is 4.90 Å². The summed E-state index contributed by atoms with van der Waals surface area (Å²) < 4.78 is 16.3. The minimum Gasteiger partial charge on any atom is -0.385 e. The highest BCUT2D eigenvalue weighted by atomic mass is 31.2. The summed E-state index contributed by atoms with van der Waals surface area (Å²) in [6.45, 7) is 5.87. The third-order valence-corrected chi connectivity index (χ3v) is 5.62. The van der Waals surface area contributed by atoms with Gasteiger partial charge in [-0.05, 0) is 20.8 Å². The Balaban J connectivity index is 1.52. The zero-order valence-electron chi connectivity index (χ0n) is 16.2. The molecule has 0 bridgehead atoms. The Bertz CT molecular complexity index is 810. The van der Waals surface area contributed by atoms with Crippen LogP contribution in [-0.4, -0.2) is 76.9 Å². The molecule has 2 fully saturated rings. The Labute approximate surface area is 169 Å². The van der Waals surface area contributed by atoms with E-state index in [4.69, 9.17) is 21.4 Å². The van der Waals surface area contributed by atoms with Gasteiger partial charge in [0.15, 0.2) is 24.0 Å². The van der Waals surface area contributed by atoms with Gasteiger partial charge in [-0.1, -0.05) is 0 Å². The summed E-state index contributed by atoms with van der Waals surface area (Å²) in [5, 5.41) is 19.3. The van der Waals surface area contributed by atoms with Gasteiger partial charge in [0.25, 0.3) is 0 Å². The number of nitrogens with one attached hydrogen (secondary N) is 3. The first-order valence-electron chi connectivity index (χ1n) is 9.05. The van der Waals surface area contributed by atoms with Gasteiger partial charge in [0.05, 0.1) is 6.67 Å². The van der Waals surface area contributed by atoms with E-state index in [1.807, 2.05) is 20.8 Å². The van der Waals surface area contributed by atoms with Crippen LogP contribution >= 0.6 is 7.82 Å². The van der Waals surface area contributed by atoms with Crippen molar-refractivity contribution >= 4 is 38.7 Å². The molecule has 3 aliphatic rings. The fourth-order valence-electron chi connectivity index (χ4n) is 3.41. The normalized spacial score (nSPS) is 33.6. The van der Waals surface area contributed by atoms with Crippen LogP contribution in [0.4, 0.5) is 22.1 Å². The highest BCUT2D eigenvalue weighted by molar-refractivity contribution is 7.85. The second kappa shape index (κ2) is 7.19. The van der Waals surface area contributed by atoms with Crippen LogP contribution in [0.5, 0.6) is 0 Å². The number of anilines is 3. The zero-order valence-corrected chi connectivity index (χ0v) is 17.1. The third-order valence-electron chi connectivity index (χ3n) is 4.56. The number of urea groups is 1. The smallest absolute Gasteiger partial charge is 0.385 e. The topological polar surface area (TPSA) is 150 Å². The Morgan fingerprint density at radius 2 is 2.21 bits per heavy atom. The minimum atomic E-state index is -3.46. The lowest BCUT2D eigenvalue weighted by Gasteiger charge is -2.28. The van der Waals surface area contributed by atoms with Crippen LogP contribution in [-0.2, 0) is 13.8 Å². The average molecular weight is 425 g/mol. The first-order chi connectivity index (χ1) is 13.5. The second-order valence-electron chi connectivity index (χ2n) is 8.04. The molecule has 14 heteroatoms. The van der Waals surface area contributed by atoms with Crippen LogP contribution in [0.3, 0.4) is 0 Å². The number of hydrogen-bond acceptors (Lipinski definition) is 10. The summed E-state index contributed by atoms with van der Waals surface area (Å²) in [5.41, 5.74) is 0.0928. The van der Waals surface area contributed by atoms with Crippen molar-refractivity contribution in [2.24, 2.45) is 0 Å². The maximum Gasteiger partial charge on any atom is 0.488 e. The summed E-state index contributed by atoms with van der Waals surface area (Å²) in [6.07, 6.45) is -2.00. The van der Waals surface area contributed by atoms with E-state index in [9.17, 15) is 14.8 Å². The molecule has 2 saturated heterocycles. The van der Waals surface area contributed by atoms with Crippen molar-refractivity contribution in [1.82, 2.24) is 15.3 Å². The van der Waals surface area contributed by atoms with Crippen molar-refractivity contribution < 1.29 is 28.6 Å². The Hall–Kier alpha value is -1.76. The van der Waals surface area contributed by atoms with E-state index in [1.165, 1.54) is 6.33 Å². The standard InChI is InChI=1S/C15H23BN6O6P/c1-15(2,3)21-14(24)20-11-8-12(18-5-17-11)22(6-19-8)13-9(23)10-7(27-13)4-26-29(16,25)28-10/h5,7,9-10,13,19,23,25H,4,6H2,1-3H3,(H2,17,18,20,21,24)/q+1/t7?,9?,10-,13?,29?/m1/s1. The van der Waals surface area contributed by atoms with Gasteiger partial charge in [-0.3, -0.25) is 5.32 Å². The number of rotatable bonds is 2. The van der Waals surface area contributed by atoms with E-state index >= 15 is 0 Å². The number of carbonyl (C=O) groups excluding carboxylic acids is 1. The van der Waals surface area contributed by atoms with Crippen molar-refractivity contribution in [1.29, 1.82) is 0 Å². The van der Waals surface area contributed by atoms with E-state index < -0.39 is 43.9 Å². The molecule has 5 N–H and O–H groups in total. The third kappa shape index (κ3) is 4.11. The number of carbonyl (C=O) groups is 1. The van der Waals surface area contributed by atoms with Gasteiger partial charge in [0.2, 0.25) is 0 Å². The first kappa shape index (κ1) is 20.5. The number of ether oxygens (including phenoxy) is 1. The molecule has 4 unspecified atom stereocenters. The lowest BCUT2D eigenvalue weighted by atomic mass is 10.1. The molecular weight excluding hydrogens is 402 g/mol. The number of aliphatic hydroxyl groups is 1. The van der Waals surface area contributed by atoms with Crippen molar-refractivity contribution in [3.05, 3.63) is 6.33 Å². The molecule has 0 saturated carbocycles. The second-order valence-corrected chi connectivity index (χ2v) is 9.64. The summed E-state index contributed by atoms with van der Waals surface area (Å²) in [6, 6.07) is -0.404. The Morgan fingerprint density at radius 3 is 2.93 bits per heavy atom. The average Bonchev–Trinajstić information content (AvgIpc) is 3.15. The van der Waals surface area contributed by atoms with Gasteiger partial charge in [0.1, 0.15) is 30.8 Å². The fourth-order valence-corrected chi connectivity index (χ4v) is 4.44. The van der Waals surface area contributed by atoms with Crippen LogP contribution in [0, 0.1) is 0 Å². The molecule has 0 aliphatic carbocycles. The maximum absolute atomic E-state index is 12.2. The first-order valence-corrected chi connectivity index (χ1v) is 10.7. The van der Waals surface area contributed by atoms with E-state index in [-0.39, 0.29) is 13.3 Å². The summed E-state index contributed by atoms with van der Waals surface area (Å²) in [4.78, 5) is 32.1. The monoisotopic (exact) mass is 425 g/mol.